The average molecular weight is 349 g/mol. The second-order valence-electron chi connectivity index (χ2n) is 5.88. The Morgan fingerprint density at radius 2 is 2.12 bits per heavy atom. The van der Waals surface area contributed by atoms with Crippen LogP contribution in [0, 0.1) is 0 Å². The molecule has 2 aromatic heterocycles. The van der Waals surface area contributed by atoms with Gasteiger partial charge < -0.3 is 9.88 Å². The van der Waals surface area contributed by atoms with Crippen LogP contribution < -0.4 is 10.6 Å². The molecule has 0 fully saturated rings. The smallest absolute Gasteiger partial charge is 0.321 e. The van der Waals surface area contributed by atoms with E-state index in [2.05, 4.69) is 42.5 Å². The van der Waals surface area contributed by atoms with Gasteiger partial charge in [0.2, 0.25) is 5.13 Å². The molecule has 0 radical (unpaired) electrons. The number of hydrogen-bond donors (Lipinski definition) is 2. The number of nitrogens with zero attached hydrogens (tertiary/aromatic N) is 5. The molecule has 2 aromatic rings. The van der Waals surface area contributed by atoms with Gasteiger partial charge in [-0.05, 0) is 12.8 Å². The molecule has 0 saturated carbocycles. The van der Waals surface area contributed by atoms with Crippen molar-refractivity contribution in [2.45, 2.75) is 58.4 Å². The summed E-state index contributed by atoms with van der Waals surface area (Å²) in [6.07, 6.45) is 7.21. The van der Waals surface area contributed by atoms with Crippen molar-refractivity contribution in [3.63, 3.8) is 0 Å². The van der Waals surface area contributed by atoms with E-state index in [-0.39, 0.29) is 6.03 Å². The molecule has 2 amide bonds. The Labute approximate surface area is 145 Å². The van der Waals surface area contributed by atoms with E-state index >= 15 is 0 Å². The second-order valence-corrected chi connectivity index (χ2v) is 6.94. The molecular weight excluding hydrogens is 326 g/mol. The summed E-state index contributed by atoms with van der Waals surface area (Å²) >= 11 is 1.44. The van der Waals surface area contributed by atoms with Crippen molar-refractivity contribution in [2.24, 2.45) is 0 Å². The van der Waals surface area contributed by atoms with Gasteiger partial charge in [-0.2, -0.15) is 0 Å². The third kappa shape index (κ3) is 4.28. The Hall–Kier alpha value is -2.03. The fourth-order valence-electron chi connectivity index (χ4n) is 2.76. The summed E-state index contributed by atoms with van der Waals surface area (Å²) in [5.41, 5.74) is 0. The van der Waals surface area contributed by atoms with Crippen LogP contribution >= 0.6 is 11.3 Å². The predicted octanol–water partition coefficient (Wildman–Crippen LogP) is 2.17. The van der Waals surface area contributed by atoms with Crippen molar-refractivity contribution in [2.75, 3.05) is 11.9 Å². The van der Waals surface area contributed by atoms with E-state index in [0.29, 0.717) is 18.1 Å². The molecule has 1 aliphatic heterocycles. The molecule has 0 unspecified atom stereocenters. The molecule has 0 atom stereocenters. The number of carbonyl (C=O) groups is 1. The van der Waals surface area contributed by atoms with E-state index in [0.717, 1.165) is 48.9 Å². The van der Waals surface area contributed by atoms with Gasteiger partial charge in [-0.25, -0.2) is 4.79 Å². The summed E-state index contributed by atoms with van der Waals surface area (Å²) in [6, 6.07) is -0.257. The van der Waals surface area contributed by atoms with E-state index in [1.165, 1.54) is 24.2 Å². The molecule has 1 aliphatic rings. The number of rotatable bonds is 8. The molecule has 3 rings (SSSR count). The fraction of sp³-hybridized carbons (Fsp3) is 0.667. The number of fused-ring (bicyclic) bond motifs is 1. The van der Waals surface area contributed by atoms with E-state index in [1.807, 2.05) is 0 Å². The second kappa shape index (κ2) is 8.18. The van der Waals surface area contributed by atoms with Gasteiger partial charge >= 0.3 is 6.03 Å². The number of aromatic nitrogens is 5. The molecule has 0 aliphatic carbocycles. The monoisotopic (exact) mass is 349 g/mol. The van der Waals surface area contributed by atoms with E-state index < -0.39 is 0 Å². The summed E-state index contributed by atoms with van der Waals surface area (Å²) in [7, 11) is 0. The quantitative estimate of drug-likeness (QED) is 0.712. The van der Waals surface area contributed by atoms with Gasteiger partial charge in [0.05, 0.1) is 0 Å². The lowest BCUT2D eigenvalue weighted by molar-refractivity contribution is 0.252. The zero-order chi connectivity index (χ0) is 16.8. The fourth-order valence-corrected chi connectivity index (χ4v) is 3.53. The van der Waals surface area contributed by atoms with Crippen molar-refractivity contribution in [1.82, 2.24) is 30.3 Å². The Morgan fingerprint density at radius 3 is 3.00 bits per heavy atom. The van der Waals surface area contributed by atoms with Gasteiger partial charge in [-0.3, -0.25) is 5.32 Å². The highest BCUT2D eigenvalue weighted by Gasteiger charge is 2.17. The number of carbonyl (C=O) groups excluding carboxylic acids is 1. The standard InChI is InChI=1S/C15H23N7OS/c1-2-3-4-7-13-20-21-15(24-13)17-14(23)16-9-8-12-19-18-11-6-5-10-22(11)12/h2-10H2,1H3,(H2,16,17,21,23). The zero-order valence-corrected chi connectivity index (χ0v) is 14.7. The lowest BCUT2D eigenvalue weighted by Gasteiger charge is -2.05. The van der Waals surface area contributed by atoms with Gasteiger partial charge in [0, 0.05) is 32.4 Å². The van der Waals surface area contributed by atoms with Crippen molar-refractivity contribution < 1.29 is 4.79 Å². The molecule has 0 bridgehead atoms. The van der Waals surface area contributed by atoms with Gasteiger partial charge in [-0.15, -0.1) is 20.4 Å². The Morgan fingerprint density at radius 1 is 1.21 bits per heavy atom. The molecule has 9 heteroatoms. The first-order valence-corrected chi connectivity index (χ1v) is 9.36. The maximum atomic E-state index is 11.9. The van der Waals surface area contributed by atoms with Crippen LogP contribution in [0.5, 0.6) is 0 Å². The summed E-state index contributed by atoms with van der Waals surface area (Å²) in [4.78, 5) is 11.9. The Kier molecular flexibility index (Phi) is 5.73. The highest BCUT2D eigenvalue weighted by atomic mass is 32.1. The predicted molar refractivity (Wildman–Crippen MR) is 92.2 cm³/mol. The van der Waals surface area contributed by atoms with E-state index in [9.17, 15) is 4.79 Å². The SMILES string of the molecule is CCCCCc1nnc(NC(=O)NCCc2nnc3n2CCC3)s1. The number of anilines is 1. The number of urea groups is 1. The lowest BCUT2D eigenvalue weighted by Crippen LogP contribution is -2.30. The molecule has 0 spiro atoms. The molecular formula is C15H23N7OS. The maximum Gasteiger partial charge on any atom is 0.321 e. The lowest BCUT2D eigenvalue weighted by atomic mass is 10.2. The molecule has 0 saturated heterocycles. The number of hydrogen-bond acceptors (Lipinski definition) is 6. The summed E-state index contributed by atoms with van der Waals surface area (Å²) in [6.45, 7) is 3.67. The van der Waals surface area contributed by atoms with Crippen molar-refractivity contribution in [1.29, 1.82) is 0 Å². The number of nitrogens with one attached hydrogen (secondary N) is 2. The van der Waals surface area contributed by atoms with E-state index in [4.69, 9.17) is 0 Å². The van der Waals surface area contributed by atoms with Gasteiger partial charge in [0.1, 0.15) is 16.7 Å². The van der Waals surface area contributed by atoms with Crippen LogP contribution in [-0.2, 0) is 25.8 Å². The largest absolute Gasteiger partial charge is 0.337 e. The van der Waals surface area contributed by atoms with Gasteiger partial charge in [0.15, 0.2) is 0 Å². The van der Waals surface area contributed by atoms with Crippen molar-refractivity contribution in [3.05, 3.63) is 16.7 Å². The number of unbranched alkanes of at least 4 members (excludes halogenated alkanes) is 2. The number of aryl methyl sites for hydroxylation is 2. The minimum Gasteiger partial charge on any atom is -0.337 e. The third-order valence-electron chi connectivity index (χ3n) is 4.00. The minimum atomic E-state index is -0.257. The van der Waals surface area contributed by atoms with Gasteiger partial charge in [0.25, 0.3) is 0 Å². The van der Waals surface area contributed by atoms with Crippen LogP contribution in [0.2, 0.25) is 0 Å². The third-order valence-corrected chi connectivity index (χ3v) is 4.90. The van der Waals surface area contributed by atoms with Crippen LogP contribution in [0.3, 0.4) is 0 Å². The van der Waals surface area contributed by atoms with Crippen LogP contribution in [0.25, 0.3) is 0 Å². The van der Waals surface area contributed by atoms with Gasteiger partial charge in [-0.1, -0.05) is 31.1 Å². The summed E-state index contributed by atoms with van der Waals surface area (Å²) in [5.74, 6) is 2.00. The minimum absolute atomic E-state index is 0.257. The summed E-state index contributed by atoms with van der Waals surface area (Å²) in [5, 5.41) is 23.5. The number of amides is 2. The van der Waals surface area contributed by atoms with Crippen LogP contribution in [0.1, 0.15) is 49.3 Å². The maximum absolute atomic E-state index is 11.9. The molecule has 2 N–H and O–H groups in total. The van der Waals surface area contributed by atoms with Crippen LogP contribution in [0.4, 0.5) is 9.93 Å². The molecule has 3 heterocycles. The van der Waals surface area contributed by atoms with Crippen molar-refractivity contribution in [3.8, 4) is 0 Å². The molecule has 8 nitrogen and oxygen atoms in total. The van der Waals surface area contributed by atoms with E-state index in [1.54, 1.807) is 0 Å². The van der Waals surface area contributed by atoms with Crippen molar-refractivity contribution >= 4 is 22.5 Å². The topological polar surface area (TPSA) is 97.6 Å². The Balaban J connectivity index is 1.39. The highest BCUT2D eigenvalue weighted by Crippen LogP contribution is 2.17. The Bertz CT molecular complexity index is 681. The molecule has 0 aromatic carbocycles. The molecule has 24 heavy (non-hydrogen) atoms. The highest BCUT2D eigenvalue weighted by molar-refractivity contribution is 7.15. The zero-order valence-electron chi connectivity index (χ0n) is 13.9. The first kappa shape index (κ1) is 16.8. The van der Waals surface area contributed by atoms with Crippen LogP contribution in [-0.4, -0.2) is 37.5 Å². The normalized spacial score (nSPS) is 13.0. The average Bonchev–Trinajstić information content (AvgIpc) is 3.26. The molecule has 130 valence electrons. The first-order valence-electron chi connectivity index (χ1n) is 8.54. The first-order chi connectivity index (χ1) is 11.8. The summed E-state index contributed by atoms with van der Waals surface area (Å²) < 4.78 is 2.15. The van der Waals surface area contributed by atoms with Crippen LogP contribution in [0.15, 0.2) is 0 Å².